The molecule has 1 aliphatic rings. The zero-order valence-corrected chi connectivity index (χ0v) is 19.7. The van der Waals surface area contributed by atoms with Crippen LogP contribution in [0.4, 0.5) is 10.5 Å². The molecule has 35 heavy (non-hydrogen) atoms. The molecule has 0 saturated carbocycles. The molecule has 4 rings (SSSR count). The Hall–Kier alpha value is -4.13. The van der Waals surface area contributed by atoms with Crippen LogP contribution >= 0.6 is 0 Å². The lowest BCUT2D eigenvalue weighted by atomic mass is 9.98. The fourth-order valence-electron chi connectivity index (χ4n) is 4.51. The summed E-state index contributed by atoms with van der Waals surface area (Å²) >= 11 is 0. The van der Waals surface area contributed by atoms with Crippen molar-refractivity contribution in [3.8, 4) is 11.1 Å². The second-order valence-corrected chi connectivity index (χ2v) is 8.56. The van der Waals surface area contributed by atoms with Crippen molar-refractivity contribution in [1.29, 1.82) is 0 Å². The van der Waals surface area contributed by atoms with Crippen LogP contribution in [0.1, 0.15) is 40.7 Å². The Balaban J connectivity index is 1.35. The lowest BCUT2D eigenvalue weighted by Gasteiger charge is -2.23. The van der Waals surface area contributed by atoms with Crippen molar-refractivity contribution < 1.29 is 24.2 Å². The number of rotatable bonds is 8. The van der Waals surface area contributed by atoms with Crippen LogP contribution in [-0.4, -0.2) is 43.3 Å². The van der Waals surface area contributed by atoms with E-state index in [1.165, 1.54) is 17.0 Å². The molecule has 1 aliphatic carbocycles. The number of hydrogen-bond acceptors (Lipinski definition) is 4. The van der Waals surface area contributed by atoms with Crippen LogP contribution in [0.15, 0.2) is 72.8 Å². The minimum atomic E-state index is -1.06. The third-order valence-corrected chi connectivity index (χ3v) is 6.49. The molecule has 0 saturated heterocycles. The number of nitrogens with zero attached hydrogens (tertiary/aromatic N) is 1. The number of hydrogen-bond donors (Lipinski definition) is 2. The maximum atomic E-state index is 13.0. The normalized spacial score (nSPS) is 12.9. The Labute approximate surface area is 204 Å². The predicted molar refractivity (Wildman–Crippen MR) is 134 cm³/mol. The number of fused-ring (bicyclic) bond motifs is 3. The summed E-state index contributed by atoms with van der Waals surface area (Å²) in [4.78, 5) is 38.2. The maximum Gasteiger partial charge on any atom is 0.407 e. The molecule has 0 aromatic heterocycles. The van der Waals surface area contributed by atoms with Crippen LogP contribution in [-0.2, 0) is 9.53 Å². The van der Waals surface area contributed by atoms with E-state index in [4.69, 9.17) is 4.74 Å². The van der Waals surface area contributed by atoms with Gasteiger partial charge in [-0.05, 0) is 46.9 Å². The molecular weight excluding hydrogens is 444 g/mol. The molecule has 0 radical (unpaired) electrons. The standard InChI is InChI=1S/C28H28N2O5/c1-3-18(26(31)30(2)20-10-8-9-19(15-20)27(32)33)16-29-28(34)35-17-25-23-13-6-4-11-21(23)22-12-5-7-14-24(22)25/h4-15,18,25H,3,16-17H2,1-2H3,(H,29,34)(H,32,33). The van der Waals surface area contributed by atoms with E-state index in [0.717, 1.165) is 22.3 Å². The van der Waals surface area contributed by atoms with Crippen molar-refractivity contribution >= 4 is 23.7 Å². The molecule has 0 fully saturated rings. The number of carbonyl (C=O) groups excluding carboxylic acids is 2. The van der Waals surface area contributed by atoms with Crippen molar-refractivity contribution in [2.75, 3.05) is 25.1 Å². The van der Waals surface area contributed by atoms with E-state index in [-0.39, 0.29) is 30.5 Å². The quantitative estimate of drug-likeness (QED) is 0.486. The number of carboxylic acid groups (broad SMARTS) is 1. The number of aromatic carboxylic acids is 1. The molecule has 7 heteroatoms. The molecule has 0 bridgehead atoms. The largest absolute Gasteiger partial charge is 0.478 e. The molecule has 0 aliphatic heterocycles. The zero-order valence-electron chi connectivity index (χ0n) is 19.7. The monoisotopic (exact) mass is 472 g/mol. The first-order valence-electron chi connectivity index (χ1n) is 11.6. The van der Waals surface area contributed by atoms with Gasteiger partial charge in [0.05, 0.1) is 11.5 Å². The van der Waals surface area contributed by atoms with Gasteiger partial charge in [0.1, 0.15) is 6.61 Å². The highest BCUT2D eigenvalue weighted by Gasteiger charge is 2.29. The molecule has 180 valence electrons. The number of anilines is 1. The first-order valence-corrected chi connectivity index (χ1v) is 11.6. The minimum Gasteiger partial charge on any atom is -0.478 e. The van der Waals surface area contributed by atoms with Gasteiger partial charge >= 0.3 is 12.1 Å². The fourth-order valence-corrected chi connectivity index (χ4v) is 4.51. The van der Waals surface area contributed by atoms with Gasteiger partial charge in [0.25, 0.3) is 0 Å². The number of alkyl carbamates (subject to hydrolysis) is 1. The Morgan fingerprint density at radius 2 is 1.60 bits per heavy atom. The topological polar surface area (TPSA) is 95.9 Å². The Morgan fingerprint density at radius 3 is 2.20 bits per heavy atom. The van der Waals surface area contributed by atoms with Crippen LogP contribution in [0.25, 0.3) is 11.1 Å². The van der Waals surface area contributed by atoms with Gasteiger partial charge in [0, 0.05) is 25.2 Å². The highest BCUT2D eigenvalue weighted by atomic mass is 16.5. The lowest BCUT2D eigenvalue weighted by molar-refractivity contribution is -0.122. The molecule has 0 heterocycles. The minimum absolute atomic E-state index is 0.0376. The van der Waals surface area contributed by atoms with E-state index in [1.807, 2.05) is 31.2 Å². The summed E-state index contributed by atoms with van der Waals surface area (Å²) < 4.78 is 5.56. The second kappa shape index (κ2) is 10.4. The number of ether oxygens (including phenoxy) is 1. The highest BCUT2D eigenvalue weighted by molar-refractivity contribution is 5.96. The van der Waals surface area contributed by atoms with E-state index in [1.54, 1.807) is 19.2 Å². The molecule has 1 unspecified atom stereocenters. The van der Waals surface area contributed by atoms with Crippen molar-refractivity contribution in [1.82, 2.24) is 5.32 Å². The molecule has 2 N–H and O–H groups in total. The molecule has 1 atom stereocenters. The van der Waals surface area contributed by atoms with Gasteiger partial charge in [-0.1, -0.05) is 61.5 Å². The number of carbonyl (C=O) groups is 3. The van der Waals surface area contributed by atoms with Crippen LogP contribution in [0.5, 0.6) is 0 Å². The van der Waals surface area contributed by atoms with E-state index < -0.39 is 18.0 Å². The van der Waals surface area contributed by atoms with Gasteiger partial charge in [0.2, 0.25) is 5.91 Å². The third-order valence-electron chi connectivity index (χ3n) is 6.49. The molecule has 0 spiro atoms. The summed E-state index contributed by atoms with van der Waals surface area (Å²) in [5.41, 5.74) is 5.16. The first-order chi connectivity index (χ1) is 16.9. The van der Waals surface area contributed by atoms with Crippen molar-refractivity contribution in [3.05, 3.63) is 89.5 Å². The molecular formula is C28H28N2O5. The zero-order chi connectivity index (χ0) is 24.9. The Morgan fingerprint density at radius 1 is 0.971 bits per heavy atom. The molecule has 2 amide bonds. The number of benzene rings is 3. The van der Waals surface area contributed by atoms with Crippen molar-refractivity contribution in [2.24, 2.45) is 5.92 Å². The Kier molecular flexibility index (Phi) is 7.15. The summed E-state index contributed by atoms with van der Waals surface area (Å²) in [7, 11) is 1.60. The lowest BCUT2D eigenvalue weighted by Crippen LogP contribution is -2.40. The van der Waals surface area contributed by atoms with Crippen LogP contribution in [0.2, 0.25) is 0 Å². The Bertz CT molecular complexity index is 1210. The molecule has 3 aromatic carbocycles. The van der Waals surface area contributed by atoms with Crippen LogP contribution < -0.4 is 10.2 Å². The van der Waals surface area contributed by atoms with E-state index >= 15 is 0 Å². The van der Waals surface area contributed by atoms with Gasteiger partial charge in [-0.2, -0.15) is 0 Å². The van der Waals surface area contributed by atoms with Gasteiger partial charge in [-0.25, -0.2) is 9.59 Å². The SMILES string of the molecule is CCC(CNC(=O)OCC1c2ccccc2-c2ccccc21)C(=O)N(C)c1cccc(C(=O)O)c1. The number of nitrogens with one attached hydrogen (secondary N) is 1. The fraction of sp³-hybridized carbons (Fsp3) is 0.250. The summed E-state index contributed by atoms with van der Waals surface area (Å²) in [6.07, 6.45) is -0.0699. The van der Waals surface area contributed by atoms with Crippen LogP contribution in [0, 0.1) is 5.92 Å². The van der Waals surface area contributed by atoms with Gasteiger partial charge in [-0.3, -0.25) is 4.79 Å². The van der Waals surface area contributed by atoms with Crippen LogP contribution in [0.3, 0.4) is 0 Å². The van der Waals surface area contributed by atoms with Gasteiger partial charge in [-0.15, -0.1) is 0 Å². The van der Waals surface area contributed by atoms with Gasteiger partial charge in [0.15, 0.2) is 0 Å². The number of carboxylic acids is 1. The van der Waals surface area contributed by atoms with E-state index in [9.17, 15) is 19.5 Å². The van der Waals surface area contributed by atoms with Gasteiger partial charge < -0.3 is 20.1 Å². The summed E-state index contributed by atoms with van der Waals surface area (Å²) in [6, 6.07) is 22.4. The maximum absolute atomic E-state index is 13.0. The molecule has 3 aromatic rings. The average Bonchev–Trinajstić information content (AvgIpc) is 3.21. The van der Waals surface area contributed by atoms with E-state index in [0.29, 0.717) is 12.1 Å². The highest BCUT2D eigenvalue weighted by Crippen LogP contribution is 2.44. The van der Waals surface area contributed by atoms with E-state index in [2.05, 4.69) is 29.6 Å². The average molecular weight is 473 g/mol. The second-order valence-electron chi connectivity index (χ2n) is 8.56. The summed E-state index contributed by atoms with van der Waals surface area (Å²) in [5, 5.41) is 11.9. The predicted octanol–water partition coefficient (Wildman–Crippen LogP) is 4.91. The summed E-state index contributed by atoms with van der Waals surface area (Å²) in [6.45, 7) is 2.19. The number of amides is 2. The third kappa shape index (κ3) is 5.04. The first kappa shape index (κ1) is 24.0. The molecule has 7 nitrogen and oxygen atoms in total. The van der Waals surface area contributed by atoms with Crippen molar-refractivity contribution in [3.63, 3.8) is 0 Å². The summed E-state index contributed by atoms with van der Waals surface area (Å²) in [5.74, 6) is -1.79. The smallest absolute Gasteiger partial charge is 0.407 e. The van der Waals surface area contributed by atoms with Crippen molar-refractivity contribution in [2.45, 2.75) is 19.3 Å².